The molecule has 0 saturated carbocycles. The lowest BCUT2D eigenvalue weighted by molar-refractivity contribution is -0.127. The molecule has 1 heterocycles. The van der Waals surface area contributed by atoms with Crippen LogP contribution in [0.25, 0.3) is 0 Å². The molecule has 1 aliphatic rings. The quantitative estimate of drug-likeness (QED) is 0.702. The molecule has 76 valence electrons. The van der Waals surface area contributed by atoms with E-state index in [2.05, 4.69) is 11.8 Å². The molecular weight excluding hydrogens is 166 g/mol. The van der Waals surface area contributed by atoms with E-state index in [-0.39, 0.29) is 12.5 Å². The molecule has 1 rings (SSSR count). The minimum atomic E-state index is 0.160. The number of Topliss-reactive ketones (excluding diaryl/α,β-unsaturated/α-hetero) is 1. The highest BCUT2D eigenvalue weighted by Gasteiger charge is 2.29. The predicted molar refractivity (Wildman–Crippen MR) is 51.5 cm³/mol. The molecule has 0 unspecified atom stereocenters. The summed E-state index contributed by atoms with van der Waals surface area (Å²) in [5.74, 6) is 0.542. The van der Waals surface area contributed by atoms with Crippen molar-refractivity contribution in [2.24, 2.45) is 5.92 Å². The molecule has 3 heteroatoms. The van der Waals surface area contributed by atoms with E-state index in [4.69, 9.17) is 5.11 Å². The van der Waals surface area contributed by atoms with Crippen LogP contribution in [0.1, 0.15) is 26.7 Å². The number of carbonyl (C=O) groups excluding carboxylic acids is 1. The van der Waals surface area contributed by atoms with Crippen molar-refractivity contribution in [1.82, 2.24) is 4.90 Å². The fraction of sp³-hybridized carbons (Fsp3) is 0.900. The first-order chi connectivity index (χ1) is 6.16. The van der Waals surface area contributed by atoms with Gasteiger partial charge in [0.25, 0.3) is 0 Å². The van der Waals surface area contributed by atoms with Crippen LogP contribution in [-0.4, -0.2) is 41.5 Å². The van der Waals surface area contributed by atoms with Gasteiger partial charge in [0.15, 0.2) is 0 Å². The van der Waals surface area contributed by atoms with Crippen LogP contribution in [0.2, 0.25) is 0 Å². The van der Waals surface area contributed by atoms with Crippen LogP contribution >= 0.6 is 0 Å². The fourth-order valence-electron chi connectivity index (χ4n) is 1.86. The molecule has 0 aromatic carbocycles. The minimum absolute atomic E-state index is 0.160. The molecule has 1 N–H and O–H groups in total. The van der Waals surface area contributed by atoms with Crippen LogP contribution in [-0.2, 0) is 4.79 Å². The van der Waals surface area contributed by atoms with E-state index in [1.807, 2.05) is 6.92 Å². The van der Waals surface area contributed by atoms with E-state index < -0.39 is 0 Å². The second-order valence-electron chi connectivity index (χ2n) is 3.86. The van der Waals surface area contributed by atoms with Gasteiger partial charge in [-0.3, -0.25) is 9.69 Å². The maximum atomic E-state index is 11.3. The van der Waals surface area contributed by atoms with Gasteiger partial charge < -0.3 is 5.11 Å². The predicted octanol–water partition coefficient (Wildman–Crippen LogP) is 0.668. The Bertz CT molecular complexity index is 182. The Labute approximate surface area is 79.7 Å². The van der Waals surface area contributed by atoms with E-state index in [9.17, 15) is 4.79 Å². The number of hydrogen-bond acceptors (Lipinski definition) is 3. The summed E-state index contributed by atoms with van der Waals surface area (Å²) in [6.45, 7) is 6.11. The number of aliphatic hydroxyl groups excluding tert-OH is 1. The smallest absolute Gasteiger partial charge is 0.138 e. The molecule has 0 aliphatic carbocycles. The Morgan fingerprint density at radius 3 is 2.85 bits per heavy atom. The Balaban J connectivity index is 2.44. The summed E-state index contributed by atoms with van der Waals surface area (Å²) in [7, 11) is 0. The third-order valence-corrected chi connectivity index (χ3v) is 3.06. The van der Waals surface area contributed by atoms with Gasteiger partial charge in [0.2, 0.25) is 0 Å². The standard InChI is InChI=1S/C10H19NO2/c1-8-9(2)11(5-3-7-12)6-4-10(8)13/h8-9,12H,3-7H2,1-2H3/t8-,9-/m0/s1. The first-order valence-corrected chi connectivity index (χ1v) is 5.04. The average molecular weight is 185 g/mol. The molecular formula is C10H19NO2. The number of likely N-dealkylation sites (tertiary alicyclic amines) is 1. The van der Waals surface area contributed by atoms with Crippen molar-refractivity contribution in [3.05, 3.63) is 0 Å². The molecule has 1 fully saturated rings. The SMILES string of the molecule is C[C@@H]1C(=O)CCN(CCCO)[C@H]1C. The number of hydrogen-bond donors (Lipinski definition) is 1. The first-order valence-electron chi connectivity index (χ1n) is 5.04. The number of carbonyl (C=O) groups is 1. The van der Waals surface area contributed by atoms with Gasteiger partial charge in [-0.2, -0.15) is 0 Å². The topological polar surface area (TPSA) is 40.5 Å². The Morgan fingerprint density at radius 2 is 2.23 bits per heavy atom. The van der Waals surface area contributed by atoms with E-state index in [0.717, 1.165) is 19.5 Å². The zero-order chi connectivity index (χ0) is 9.84. The van der Waals surface area contributed by atoms with E-state index in [1.54, 1.807) is 0 Å². The highest BCUT2D eigenvalue weighted by molar-refractivity contribution is 5.82. The summed E-state index contributed by atoms with van der Waals surface area (Å²) >= 11 is 0. The Morgan fingerprint density at radius 1 is 1.54 bits per heavy atom. The van der Waals surface area contributed by atoms with Crippen molar-refractivity contribution in [2.75, 3.05) is 19.7 Å². The van der Waals surface area contributed by atoms with Crippen molar-refractivity contribution in [3.63, 3.8) is 0 Å². The maximum Gasteiger partial charge on any atom is 0.138 e. The zero-order valence-electron chi connectivity index (χ0n) is 8.49. The summed E-state index contributed by atoms with van der Waals surface area (Å²) in [6, 6.07) is 0.341. The van der Waals surface area contributed by atoms with Gasteiger partial charge >= 0.3 is 0 Å². The number of nitrogens with zero attached hydrogens (tertiary/aromatic N) is 1. The first kappa shape index (κ1) is 10.7. The van der Waals surface area contributed by atoms with Gasteiger partial charge in [0.05, 0.1) is 0 Å². The number of ketones is 1. The third kappa shape index (κ3) is 2.51. The molecule has 0 aromatic rings. The number of rotatable bonds is 3. The Hall–Kier alpha value is -0.410. The molecule has 1 saturated heterocycles. The summed E-state index contributed by atoms with van der Waals surface area (Å²) < 4.78 is 0. The van der Waals surface area contributed by atoms with Crippen LogP contribution in [0.3, 0.4) is 0 Å². The highest BCUT2D eigenvalue weighted by Crippen LogP contribution is 2.19. The second kappa shape index (κ2) is 4.72. The van der Waals surface area contributed by atoms with Crippen LogP contribution < -0.4 is 0 Å². The van der Waals surface area contributed by atoms with E-state index in [1.165, 1.54) is 0 Å². The second-order valence-corrected chi connectivity index (χ2v) is 3.86. The number of aliphatic hydroxyl groups is 1. The maximum absolute atomic E-state index is 11.3. The van der Waals surface area contributed by atoms with Crippen molar-refractivity contribution < 1.29 is 9.90 Å². The van der Waals surface area contributed by atoms with Gasteiger partial charge in [-0.15, -0.1) is 0 Å². The molecule has 3 nitrogen and oxygen atoms in total. The molecule has 0 amide bonds. The molecule has 0 aromatic heterocycles. The summed E-state index contributed by atoms with van der Waals surface area (Å²) in [5, 5.41) is 8.71. The van der Waals surface area contributed by atoms with Crippen LogP contribution in [0.15, 0.2) is 0 Å². The minimum Gasteiger partial charge on any atom is -0.396 e. The summed E-state index contributed by atoms with van der Waals surface area (Å²) in [6.07, 6.45) is 1.49. The van der Waals surface area contributed by atoms with Gasteiger partial charge in [0.1, 0.15) is 5.78 Å². The van der Waals surface area contributed by atoms with Gasteiger partial charge in [-0.1, -0.05) is 6.92 Å². The Kier molecular flexibility index (Phi) is 3.88. The van der Waals surface area contributed by atoms with Gasteiger partial charge in [0, 0.05) is 38.1 Å². The fourth-order valence-corrected chi connectivity index (χ4v) is 1.86. The molecule has 0 bridgehead atoms. The van der Waals surface area contributed by atoms with Crippen LogP contribution in [0, 0.1) is 5.92 Å². The summed E-state index contributed by atoms with van der Waals surface area (Å²) in [4.78, 5) is 13.6. The van der Waals surface area contributed by atoms with Crippen molar-refractivity contribution >= 4 is 5.78 Å². The lowest BCUT2D eigenvalue weighted by atomic mass is 9.90. The molecule has 2 atom stereocenters. The third-order valence-electron chi connectivity index (χ3n) is 3.06. The van der Waals surface area contributed by atoms with Gasteiger partial charge in [-0.25, -0.2) is 0 Å². The highest BCUT2D eigenvalue weighted by atomic mass is 16.3. The molecule has 1 aliphatic heterocycles. The van der Waals surface area contributed by atoms with Crippen LogP contribution in [0.5, 0.6) is 0 Å². The van der Waals surface area contributed by atoms with Crippen molar-refractivity contribution in [3.8, 4) is 0 Å². The molecule has 0 radical (unpaired) electrons. The molecule has 0 spiro atoms. The monoisotopic (exact) mass is 185 g/mol. The van der Waals surface area contributed by atoms with Crippen LogP contribution in [0.4, 0.5) is 0 Å². The summed E-state index contributed by atoms with van der Waals surface area (Å²) in [5.41, 5.74) is 0. The zero-order valence-corrected chi connectivity index (χ0v) is 8.49. The average Bonchev–Trinajstić information content (AvgIpc) is 2.13. The largest absolute Gasteiger partial charge is 0.396 e. The number of piperidine rings is 1. The van der Waals surface area contributed by atoms with Crippen molar-refractivity contribution in [1.29, 1.82) is 0 Å². The normalized spacial score (nSPS) is 30.8. The van der Waals surface area contributed by atoms with E-state index >= 15 is 0 Å². The lowest BCUT2D eigenvalue weighted by Crippen LogP contribution is -2.47. The van der Waals surface area contributed by atoms with E-state index in [0.29, 0.717) is 18.2 Å². The molecule has 13 heavy (non-hydrogen) atoms. The van der Waals surface area contributed by atoms with Crippen molar-refractivity contribution in [2.45, 2.75) is 32.7 Å². The lowest BCUT2D eigenvalue weighted by Gasteiger charge is -2.36. The van der Waals surface area contributed by atoms with Gasteiger partial charge in [-0.05, 0) is 13.3 Å².